The molecule has 1 heterocycles. The van der Waals surface area contributed by atoms with Crippen LogP contribution >= 0.6 is 0 Å². The number of nitrogens with zero attached hydrogens (tertiary/aromatic N) is 1. The minimum Gasteiger partial charge on any atom is -0.375 e. The zero-order chi connectivity index (χ0) is 18.4. The number of carbonyl (C=O) groups excluding carboxylic acids is 2. The van der Waals surface area contributed by atoms with Crippen LogP contribution in [0.5, 0.6) is 0 Å². The second-order valence-electron chi connectivity index (χ2n) is 7.29. The van der Waals surface area contributed by atoms with Crippen molar-refractivity contribution in [1.82, 2.24) is 0 Å². The molecule has 0 radical (unpaired) electrons. The van der Waals surface area contributed by atoms with E-state index < -0.39 is 5.60 Å². The Hall–Kier alpha value is -1.68. The van der Waals surface area contributed by atoms with Crippen molar-refractivity contribution in [3.8, 4) is 0 Å². The number of hydrogen-bond acceptors (Lipinski definition) is 3. The highest BCUT2D eigenvalue weighted by atomic mass is 16.3. The summed E-state index contributed by atoms with van der Waals surface area (Å²) in [5.41, 5.74) is 0.639. The van der Waals surface area contributed by atoms with Gasteiger partial charge in [-0.25, -0.2) is 0 Å². The third-order valence-corrected chi connectivity index (χ3v) is 5.04. The Bertz CT molecular complexity index is 626. The van der Waals surface area contributed by atoms with Gasteiger partial charge in [0.1, 0.15) is 5.78 Å². The van der Waals surface area contributed by atoms with Gasteiger partial charge in [-0.1, -0.05) is 63.6 Å². The number of anilines is 1. The quantitative estimate of drug-likeness (QED) is 0.645. The molecule has 25 heavy (non-hydrogen) atoms. The maximum absolute atomic E-state index is 12.9. The lowest BCUT2D eigenvalue weighted by atomic mass is 9.89. The third kappa shape index (κ3) is 4.30. The molecule has 1 aliphatic rings. The number of unbranched alkanes of at least 4 members (excludes halogenated alkanes) is 6. The number of benzene rings is 1. The molecular formula is C21H31NO3. The van der Waals surface area contributed by atoms with Crippen LogP contribution < -0.4 is 4.90 Å². The van der Waals surface area contributed by atoms with E-state index in [1.807, 2.05) is 19.1 Å². The first kappa shape index (κ1) is 19.6. The molecule has 0 fully saturated rings. The lowest BCUT2D eigenvalue weighted by Gasteiger charge is -2.22. The van der Waals surface area contributed by atoms with Crippen LogP contribution in [0.3, 0.4) is 0 Å². The van der Waals surface area contributed by atoms with Crippen molar-refractivity contribution < 1.29 is 14.7 Å². The van der Waals surface area contributed by atoms with E-state index in [0.717, 1.165) is 24.1 Å². The predicted molar refractivity (Wildman–Crippen MR) is 101 cm³/mol. The fourth-order valence-corrected chi connectivity index (χ4v) is 3.76. The van der Waals surface area contributed by atoms with Gasteiger partial charge in [0.05, 0.1) is 5.69 Å². The second kappa shape index (κ2) is 8.61. The van der Waals surface area contributed by atoms with Crippen LogP contribution in [-0.2, 0) is 15.2 Å². The Balaban J connectivity index is 2.07. The summed E-state index contributed by atoms with van der Waals surface area (Å²) in [6.07, 6.45) is 8.07. The van der Waals surface area contributed by atoms with Gasteiger partial charge in [0.25, 0.3) is 5.91 Å². The summed E-state index contributed by atoms with van der Waals surface area (Å²) in [5, 5.41) is 11.0. The maximum Gasteiger partial charge on any atom is 0.264 e. The van der Waals surface area contributed by atoms with E-state index in [0.29, 0.717) is 12.1 Å². The number of rotatable bonds is 10. The molecule has 138 valence electrons. The molecule has 2 rings (SSSR count). The standard InChI is InChI=1S/C21H31NO3/c1-4-5-6-7-8-9-10-14-22-19-16(2)12-11-13-18(19)21(25,20(22)24)15-17(3)23/h11-13,25H,4-10,14-15H2,1-3H3. The Labute approximate surface area is 151 Å². The number of amides is 1. The Morgan fingerprint density at radius 1 is 1.12 bits per heavy atom. The van der Waals surface area contributed by atoms with Crippen molar-refractivity contribution in [2.45, 2.75) is 77.7 Å². The minimum atomic E-state index is -1.70. The van der Waals surface area contributed by atoms with Gasteiger partial charge in [-0.2, -0.15) is 0 Å². The van der Waals surface area contributed by atoms with Crippen LogP contribution in [0.2, 0.25) is 0 Å². The molecule has 0 saturated carbocycles. The number of para-hydroxylation sites is 1. The Kier molecular flexibility index (Phi) is 6.77. The fraction of sp³-hybridized carbons (Fsp3) is 0.619. The van der Waals surface area contributed by atoms with Gasteiger partial charge in [0.2, 0.25) is 0 Å². The fourth-order valence-electron chi connectivity index (χ4n) is 3.76. The molecule has 1 aromatic rings. The van der Waals surface area contributed by atoms with E-state index >= 15 is 0 Å². The molecule has 0 bridgehead atoms. The minimum absolute atomic E-state index is 0.157. The summed E-state index contributed by atoms with van der Waals surface area (Å²) in [4.78, 5) is 26.2. The van der Waals surface area contributed by atoms with Gasteiger partial charge in [0.15, 0.2) is 5.60 Å². The normalized spacial score (nSPS) is 19.4. The van der Waals surface area contributed by atoms with Crippen LogP contribution in [0.15, 0.2) is 18.2 Å². The van der Waals surface area contributed by atoms with Crippen molar-refractivity contribution in [3.05, 3.63) is 29.3 Å². The van der Waals surface area contributed by atoms with Crippen molar-refractivity contribution in [1.29, 1.82) is 0 Å². The second-order valence-corrected chi connectivity index (χ2v) is 7.29. The average molecular weight is 345 g/mol. The monoisotopic (exact) mass is 345 g/mol. The summed E-state index contributed by atoms with van der Waals surface area (Å²) in [6.45, 7) is 6.18. The molecule has 1 amide bonds. The van der Waals surface area contributed by atoms with E-state index in [1.54, 1.807) is 11.0 Å². The van der Waals surface area contributed by atoms with Crippen LogP contribution in [0, 0.1) is 6.92 Å². The Morgan fingerprint density at radius 3 is 2.40 bits per heavy atom. The average Bonchev–Trinajstić information content (AvgIpc) is 2.76. The number of Topliss-reactive ketones (excluding diaryl/α,β-unsaturated/α-hetero) is 1. The predicted octanol–water partition coefficient (Wildman–Crippen LogP) is 4.26. The zero-order valence-corrected chi connectivity index (χ0v) is 15.8. The summed E-state index contributed by atoms with van der Waals surface area (Å²) in [5.74, 6) is -0.529. The van der Waals surface area contributed by atoms with Crippen molar-refractivity contribution in [2.24, 2.45) is 0 Å². The largest absolute Gasteiger partial charge is 0.375 e. The van der Waals surface area contributed by atoms with Crippen molar-refractivity contribution >= 4 is 17.4 Å². The number of ketones is 1. The number of hydrogen-bond donors (Lipinski definition) is 1. The SMILES string of the molecule is CCCCCCCCCN1C(=O)C(O)(CC(C)=O)c2cccc(C)c21. The van der Waals surface area contributed by atoms with E-state index in [9.17, 15) is 14.7 Å². The molecule has 0 aliphatic carbocycles. The summed E-state index contributed by atoms with van der Waals surface area (Å²) in [7, 11) is 0. The first-order valence-electron chi connectivity index (χ1n) is 9.55. The van der Waals surface area contributed by atoms with Gasteiger partial charge in [-0.3, -0.25) is 9.59 Å². The molecule has 1 aliphatic heterocycles. The highest BCUT2D eigenvalue weighted by Gasteiger charge is 2.50. The van der Waals surface area contributed by atoms with E-state index in [2.05, 4.69) is 6.92 Å². The van der Waals surface area contributed by atoms with E-state index in [1.165, 1.54) is 39.0 Å². The van der Waals surface area contributed by atoms with Crippen molar-refractivity contribution in [2.75, 3.05) is 11.4 Å². The summed E-state index contributed by atoms with van der Waals surface area (Å²) >= 11 is 0. The zero-order valence-electron chi connectivity index (χ0n) is 15.8. The van der Waals surface area contributed by atoms with Gasteiger partial charge in [-0.15, -0.1) is 0 Å². The molecule has 1 atom stereocenters. The van der Waals surface area contributed by atoms with Crippen LogP contribution in [-0.4, -0.2) is 23.3 Å². The van der Waals surface area contributed by atoms with Crippen LogP contribution in [0.4, 0.5) is 5.69 Å². The lowest BCUT2D eigenvalue weighted by molar-refractivity contribution is -0.141. The number of aryl methyl sites for hydroxylation is 1. The van der Waals surface area contributed by atoms with Gasteiger partial charge < -0.3 is 10.0 Å². The Morgan fingerprint density at radius 2 is 1.76 bits per heavy atom. The van der Waals surface area contributed by atoms with E-state index in [-0.39, 0.29) is 18.1 Å². The molecule has 4 nitrogen and oxygen atoms in total. The highest BCUT2D eigenvalue weighted by Crippen LogP contribution is 2.44. The van der Waals surface area contributed by atoms with E-state index in [4.69, 9.17) is 0 Å². The summed E-state index contributed by atoms with van der Waals surface area (Å²) in [6, 6.07) is 5.56. The first-order chi connectivity index (χ1) is 11.9. The molecule has 1 unspecified atom stereocenters. The topological polar surface area (TPSA) is 57.6 Å². The van der Waals surface area contributed by atoms with Gasteiger partial charge >= 0.3 is 0 Å². The molecular weight excluding hydrogens is 314 g/mol. The summed E-state index contributed by atoms with van der Waals surface area (Å²) < 4.78 is 0. The number of carbonyl (C=O) groups is 2. The van der Waals surface area contributed by atoms with Gasteiger partial charge in [-0.05, 0) is 25.8 Å². The van der Waals surface area contributed by atoms with Crippen LogP contribution in [0.25, 0.3) is 0 Å². The first-order valence-corrected chi connectivity index (χ1v) is 9.55. The maximum atomic E-state index is 12.9. The molecule has 0 aromatic heterocycles. The smallest absolute Gasteiger partial charge is 0.264 e. The molecule has 1 aromatic carbocycles. The molecule has 1 N–H and O–H groups in total. The number of fused-ring (bicyclic) bond motifs is 1. The number of aliphatic hydroxyl groups is 1. The lowest BCUT2D eigenvalue weighted by Crippen LogP contribution is -2.42. The van der Waals surface area contributed by atoms with Gasteiger partial charge in [0, 0.05) is 18.5 Å². The molecule has 0 saturated heterocycles. The highest BCUT2D eigenvalue weighted by molar-refractivity contribution is 6.09. The van der Waals surface area contributed by atoms with Crippen molar-refractivity contribution in [3.63, 3.8) is 0 Å². The molecule has 4 heteroatoms. The van der Waals surface area contributed by atoms with Crippen LogP contribution in [0.1, 0.15) is 76.3 Å². The molecule has 0 spiro atoms. The third-order valence-electron chi connectivity index (χ3n) is 5.04.